The summed E-state index contributed by atoms with van der Waals surface area (Å²) in [4.78, 5) is 36.6. The van der Waals surface area contributed by atoms with Gasteiger partial charge in [-0.25, -0.2) is 0 Å². The van der Waals surface area contributed by atoms with Crippen LogP contribution in [0.25, 0.3) is 0 Å². The van der Waals surface area contributed by atoms with Crippen LogP contribution in [0.2, 0.25) is 5.02 Å². The largest absolute Gasteiger partial charge is 0.416 e. The average molecular weight is 529 g/mol. The van der Waals surface area contributed by atoms with Gasteiger partial charge < -0.3 is 16.0 Å². The van der Waals surface area contributed by atoms with Crippen molar-refractivity contribution in [1.29, 1.82) is 0 Å². The lowest BCUT2D eigenvalue weighted by atomic mass is 10.1. The molecule has 0 bridgehead atoms. The molecule has 2 aromatic carbocycles. The average Bonchev–Trinajstić information content (AvgIpc) is 2.79. The fraction of sp³-hybridized carbons (Fsp3) is 0.348. The van der Waals surface area contributed by atoms with Crippen LogP contribution < -0.4 is 21.3 Å². The predicted octanol–water partition coefficient (Wildman–Crippen LogP) is 3.54. The third-order valence-electron chi connectivity index (χ3n) is 5.07. The van der Waals surface area contributed by atoms with Crippen molar-refractivity contribution in [1.82, 2.24) is 16.0 Å². The molecule has 3 rings (SSSR count). The fourth-order valence-corrected chi connectivity index (χ4v) is 4.45. The highest BCUT2D eigenvalue weighted by molar-refractivity contribution is 8.00. The topological polar surface area (TPSA) is 99.3 Å². The number of anilines is 1. The fourth-order valence-electron chi connectivity index (χ4n) is 3.39. The molecule has 7 nitrogen and oxygen atoms in total. The quantitative estimate of drug-likeness (QED) is 0.399. The number of alkyl halides is 3. The highest BCUT2D eigenvalue weighted by atomic mass is 35.5. The molecular weight excluding hydrogens is 505 g/mol. The zero-order chi connectivity index (χ0) is 25.4. The maximum atomic E-state index is 12.9. The smallest absolute Gasteiger partial charge is 0.356 e. The van der Waals surface area contributed by atoms with E-state index in [1.165, 1.54) is 0 Å². The summed E-state index contributed by atoms with van der Waals surface area (Å²) in [5.74, 6) is -1.23. The zero-order valence-electron chi connectivity index (χ0n) is 18.5. The predicted molar refractivity (Wildman–Crippen MR) is 129 cm³/mol. The van der Waals surface area contributed by atoms with E-state index in [1.807, 2.05) is 30.3 Å². The minimum absolute atomic E-state index is 0.0289. The third-order valence-corrected chi connectivity index (χ3v) is 6.42. The van der Waals surface area contributed by atoms with E-state index in [4.69, 9.17) is 11.6 Å². The second kappa shape index (κ2) is 12.3. The molecule has 0 aliphatic carbocycles. The Morgan fingerprint density at radius 2 is 1.86 bits per heavy atom. The van der Waals surface area contributed by atoms with Gasteiger partial charge in [-0.05, 0) is 30.2 Å². The number of rotatable bonds is 9. The van der Waals surface area contributed by atoms with E-state index < -0.39 is 29.2 Å². The van der Waals surface area contributed by atoms with Gasteiger partial charge in [0, 0.05) is 25.4 Å². The van der Waals surface area contributed by atoms with Gasteiger partial charge in [0.25, 0.3) is 0 Å². The summed E-state index contributed by atoms with van der Waals surface area (Å²) in [5, 5.41) is 10.9. The Balaban J connectivity index is 1.44. The lowest BCUT2D eigenvalue weighted by molar-refractivity contribution is -0.137. The Hall–Kier alpha value is -2.76. The van der Waals surface area contributed by atoms with Crippen molar-refractivity contribution in [3.63, 3.8) is 0 Å². The first-order valence-corrected chi connectivity index (χ1v) is 12.2. The van der Waals surface area contributed by atoms with E-state index in [9.17, 15) is 27.6 Å². The van der Waals surface area contributed by atoms with Gasteiger partial charge in [0.05, 0.1) is 22.0 Å². The van der Waals surface area contributed by atoms with Gasteiger partial charge in [-0.3, -0.25) is 19.7 Å². The molecule has 2 unspecified atom stereocenters. The van der Waals surface area contributed by atoms with Gasteiger partial charge >= 0.3 is 6.18 Å². The minimum Gasteiger partial charge on any atom is -0.356 e. The van der Waals surface area contributed by atoms with Crippen molar-refractivity contribution >= 4 is 46.8 Å². The van der Waals surface area contributed by atoms with Crippen LogP contribution in [0.4, 0.5) is 18.9 Å². The molecule has 2 atom stereocenters. The molecular formula is C23H24ClF3N4O3S. The summed E-state index contributed by atoms with van der Waals surface area (Å²) in [7, 11) is 0. The van der Waals surface area contributed by atoms with Crippen LogP contribution in [0, 0.1) is 0 Å². The van der Waals surface area contributed by atoms with E-state index >= 15 is 0 Å². The van der Waals surface area contributed by atoms with Crippen LogP contribution in [0.15, 0.2) is 48.5 Å². The third kappa shape index (κ3) is 8.75. The monoisotopic (exact) mass is 528 g/mol. The van der Waals surface area contributed by atoms with E-state index in [0.717, 1.165) is 35.5 Å². The van der Waals surface area contributed by atoms with Gasteiger partial charge in [-0.15, -0.1) is 11.8 Å². The molecule has 35 heavy (non-hydrogen) atoms. The molecule has 0 spiro atoms. The normalized spacial score (nSPS) is 18.0. The van der Waals surface area contributed by atoms with Crippen molar-refractivity contribution in [2.75, 3.05) is 17.6 Å². The molecule has 1 saturated heterocycles. The molecule has 0 saturated carbocycles. The van der Waals surface area contributed by atoms with Crippen LogP contribution in [0.3, 0.4) is 0 Å². The van der Waals surface area contributed by atoms with Gasteiger partial charge in [0.15, 0.2) is 0 Å². The second-order valence-corrected chi connectivity index (χ2v) is 9.36. The molecule has 4 N–H and O–H groups in total. The van der Waals surface area contributed by atoms with Crippen LogP contribution >= 0.6 is 23.4 Å². The summed E-state index contributed by atoms with van der Waals surface area (Å²) in [6.45, 7) is 0.470. The molecule has 0 aromatic heterocycles. The molecule has 1 aliphatic heterocycles. The molecule has 188 valence electrons. The van der Waals surface area contributed by atoms with Crippen LogP contribution in [-0.4, -0.2) is 41.6 Å². The maximum Gasteiger partial charge on any atom is 0.416 e. The summed E-state index contributed by atoms with van der Waals surface area (Å²) in [6, 6.07) is 11.9. The Morgan fingerprint density at radius 3 is 2.57 bits per heavy atom. The number of halogens is 4. The summed E-state index contributed by atoms with van der Waals surface area (Å²) in [5.41, 5.74) is -0.626. The summed E-state index contributed by atoms with van der Waals surface area (Å²) >= 11 is 6.94. The number of carbonyl (C=O) groups is 3. The Morgan fingerprint density at radius 1 is 1.11 bits per heavy atom. The highest BCUT2D eigenvalue weighted by Gasteiger charge is 2.31. The molecule has 12 heteroatoms. The molecule has 1 fully saturated rings. The number of hydrogen-bond acceptors (Lipinski definition) is 5. The number of amides is 3. The number of thioether (sulfide) groups is 1. The van der Waals surface area contributed by atoms with E-state index in [1.54, 1.807) is 0 Å². The molecule has 3 amide bonds. The SMILES string of the molecule is O=C(CC1CC(=O)NC(SCC(=O)Nc2cc(C(F)(F)F)ccc2Cl)N1)NCCc1ccccc1. The van der Waals surface area contributed by atoms with Crippen LogP contribution in [0.1, 0.15) is 24.0 Å². The van der Waals surface area contributed by atoms with Gasteiger partial charge in [0.2, 0.25) is 17.7 Å². The Bertz CT molecular complexity index is 1060. The first kappa shape index (κ1) is 26.8. The second-order valence-electron chi connectivity index (χ2n) is 7.86. The first-order chi connectivity index (χ1) is 16.6. The lowest BCUT2D eigenvalue weighted by Crippen LogP contribution is -2.56. The summed E-state index contributed by atoms with van der Waals surface area (Å²) in [6.07, 6.45) is -3.69. The van der Waals surface area contributed by atoms with Crippen molar-refractivity contribution in [3.8, 4) is 0 Å². The molecule has 0 radical (unpaired) electrons. The molecule has 1 aliphatic rings. The van der Waals surface area contributed by atoms with Gasteiger partial charge in [0.1, 0.15) is 5.50 Å². The summed E-state index contributed by atoms with van der Waals surface area (Å²) < 4.78 is 38.7. The van der Waals surface area contributed by atoms with Crippen LogP contribution in [0.5, 0.6) is 0 Å². The number of benzene rings is 2. The van der Waals surface area contributed by atoms with Crippen molar-refractivity contribution in [2.45, 2.75) is 37.0 Å². The lowest BCUT2D eigenvalue weighted by Gasteiger charge is -2.30. The molecule has 1 heterocycles. The Labute approximate surface area is 209 Å². The van der Waals surface area contributed by atoms with E-state index in [-0.39, 0.29) is 41.1 Å². The van der Waals surface area contributed by atoms with Crippen LogP contribution in [-0.2, 0) is 27.0 Å². The Kier molecular flexibility index (Phi) is 9.41. The van der Waals surface area contributed by atoms with Gasteiger partial charge in [-0.1, -0.05) is 41.9 Å². The standard InChI is InChI=1S/C23H24ClF3N4O3S/c24-17-7-6-15(23(25,26)27)10-18(17)30-21(34)13-35-22-29-16(12-20(33)31-22)11-19(32)28-9-8-14-4-2-1-3-5-14/h1-7,10,16,22,29H,8-9,11-13H2,(H,28,32)(H,30,34)(H,31,33). The number of nitrogens with one attached hydrogen (secondary N) is 4. The van der Waals surface area contributed by atoms with E-state index in [2.05, 4.69) is 21.3 Å². The number of hydrogen-bond donors (Lipinski definition) is 4. The van der Waals surface area contributed by atoms with Crippen molar-refractivity contribution in [2.24, 2.45) is 0 Å². The molecule has 2 aromatic rings. The minimum atomic E-state index is -4.57. The van der Waals surface area contributed by atoms with Gasteiger partial charge in [-0.2, -0.15) is 13.2 Å². The first-order valence-electron chi connectivity index (χ1n) is 10.7. The van der Waals surface area contributed by atoms with Crippen molar-refractivity contribution in [3.05, 3.63) is 64.7 Å². The number of carbonyl (C=O) groups excluding carboxylic acids is 3. The van der Waals surface area contributed by atoms with E-state index in [0.29, 0.717) is 13.0 Å². The van der Waals surface area contributed by atoms with Crippen molar-refractivity contribution < 1.29 is 27.6 Å². The zero-order valence-corrected chi connectivity index (χ0v) is 20.0. The maximum absolute atomic E-state index is 12.9. The highest BCUT2D eigenvalue weighted by Crippen LogP contribution is 2.33.